The van der Waals surface area contributed by atoms with Gasteiger partial charge in [-0.05, 0) is 0 Å². The summed E-state index contributed by atoms with van der Waals surface area (Å²) in [5.41, 5.74) is -3.96. The van der Waals surface area contributed by atoms with Gasteiger partial charge in [-0.2, -0.15) is 0 Å². The van der Waals surface area contributed by atoms with E-state index in [1.54, 1.807) is 0 Å². The molecule has 0 atom stereocenters. The Labute approximate surface area is 153 Å². The standard InChI is InChI=1S/C13Cl4F8/c14-3-9(22)5(18)1(6(19)10(3)23)13(16,17)2-7(20)11(24)4(15)12(25)8(2)21. The summed E-state index contributed by atoms with van der Waals surface area (Å²) in [6.07, 6.45) is 0. The van der Waals surface area contributed by atoms with Crippen LogP contribution in [-0.4, -0.2) is 0 Å². The molecule has 0 N–H and O–H groups in total. The van der Waals surface area contributed by atoms with E-state index < -0.39 is 72.0 Å². The molecule has 0 aliphatic heterocycles. The smallest absolute Gasteiger partial charge is 0.181 e. The molecule has 0 aliphatic carbocycles. The molecule has 0 aromatic heterocycles. The predicted octanol–water partition coefficient (Wildman–Crippen LogP) is 6.78. The normalized spacial score (nSPS) is 12.0. The van der Waals surface area contributed by atoms with E-state index in [9.17, 15) is 35.1 Å². The zero-order valence-corrected chi connectivity index (χ0v) is 14.1. The molecule has 0 fully saturated rings. The van der Waals surface area contributed by atoms with Gasteiger partial charge in [-0.25, -0.2) is 35.1 Å². The van der Waals surface area contributed by atoms with Crippen molar-refractivity contribution in [3.05, 3.63) is 67.7 Å². The summed E-state index contributed by atoms with van der Waals surface area (Å²) < 4.78 is 106. The highest BCUT2D eigenvalue weighted by molar-refractivity contribution is 6.50. The average molecular weight is 450 g/mol. The van der Waals surface area contributed by atoms with Crippen LogP contribution >= 0.6 is 46.4 Å². The molecular weight excluding hydrogens is 450 g/mol. The van der Waals surface area contributed by atoms with E-state index >= 15 is 0 Å². The van der Waals surface area contributed by atoms with Gasteiger partial charge in [0.15, 0.2) is 50.9 Å². The Hall–Kier alpha value is -0.960. The van der Waals surface area contributed by atoms with E-state index in [0.29, 0.717) is 0 Å². The highest BCUT2D eigenvalue weighted by Gasteiger charge is 2.45. The van der Waals surface area contributed by atoms with Crippen LogP contribution in [0.2, 0.25) is 10.0 Å². The minimum absolute atomic E-state index is 1.64. The summed E-state index contributed by atoms with van der Waals surface area (Å²) in [6.45, 7) is 0. The fourth-order valence-electron chi connectivity index (χ4n) is 1.89. The van der Waals surface area contributed by atoms with Crippen molar-refractivity contribution in [2.75, 3.05) is 0 Å². The molecule has 0 radical (unpaired) electrons. The Morgan fingerprint density at radius 3 is 0.840 bits per heavy atom. The second kappa shape index (κ2) is 6.64. The monoisotopic (exact) mass is 448 g/mol. The maximum Gasteiger partial charge on any atom is 0.181 e. The number of rotatable bonds is 2. The minimum atomic E-state index is -3.64. The maximum absolute atomic E-state index is 13.9. The lowest BCUT2D eigenvalue weighted by Crippen LogP contribution is -2.24. The molecule has 0 nitrogen and oxygen atoms in total. The summed E-state index contributed by atoms with van der Waals surface area (Å²) in [4.78, 5) is 0. The molecule has 25 heavy (non-hydrogen) atoms. The van der Waals surface area contributed by atoms with Crippen molar-refractivity contribution < 1.29 is 35.1 Å². The van der Waals surface area contributed by atoms with Crippen LogP contribution in [0.4, 0.5) is 35.1 Å². The summed E-state index contributed by atoms with van der Waals surface area (Å²) >= 11 is 20.9. The van der Waals surface area contributed by atoms with Gasteiger partial charge < -0.3 is 0 Å². The summed E-state index contributed by atoms with van der Waals surface area (Å²) in [6, 6.07) is 0. The third kappa shape index (κ3) is 2.93. The highest BCUT2D eigenvalue weighted by atomic mass is 35.5. The van der Waals surface area contributed by atoms with Gasteiger partial charge in [0.25, 0.3) is 0 Å². The second-order valence-electron chi connectivity index (χ2n) is 4.46. The van der Waals surface area contributed by atoms with Crippen LogP contribution in [0.25, 0.3) is 0 Å². The number of halogens is 12. The van der Waals surface area contributed by atoms with Crippen molar-refractivity contribution in [1.29, 1.82) is 0 Å². The lowest BCUT2D eigenvalue weighted by atomic mass is 10.00. The lowest BCUT2D eigenvalue weighted by Gasteiger charge is -2.24. The molecular formula is C13Cl4F8. The van der Waals surface area contributed by atoms with Crippen molar-refractivity contribution in [3.63, 3.8) is 0 Å². The highest BCUT2D eigenvalue weighted by Crippen LogP contribution is 2.48. The molecule has 0 saturated heterocycles. The van der Waals surface area contributed by atoms with Gasteiger partial charge in [0, 0.05) is 0 Å². The Morgan fingerprint density at radius 1 is 0.440 bits per heavy atom. The molecule has 0 heterocycles. The largest absolute Gasteiger partial charge is 0.203 e. The summed E-state index contributed by atoms with van der Waals surface area (Å²) in [5, 5.41) is -3.28. The SMILES string of the molecule is Fc1c(F)c(C(Cl)(Cl)c2c(F)c(F)c(Cl)c(F)c2F)c(F)c(F)c1Cl. The van der Waals surface area contributed by atoms with Crippen molar-refractivity contribution >= 4 is 46.4 Å². The van der Waals surface area contributed by atoms with E-state index in [4.69, 9.17) is 46.4 Å². The van der Waals surface area contributed by atoms with Gasteiger partial charge in [-0.1, -0.05) is 46.4 Å². The van der Waals surface area contributed by atoms with Crippen LogP contribution in [-0.2, 0) is 4.33 Å². The van der Waals surface area contributed by atoms with E-state index in [2.05, 4.69) is 0 Å². The number of alkyl halides is 2. The maximum atomic E-state index is 13.9. The van der Waals surface area contributed by atoms with E-state index in [0.717, 1.165) is 0 Å². The molecule has 2 aromatic carbocycles. The number of hydrogen-bond acceptors (Lipinski definition) is 0. The van der Waals surface area contributed by atoms with E-state index in [1.165, 1.54) is 0 Å². The minimum Gasteiger partial charge on any atom is -0.203 e. The molecule has 2 rings (SSSR count). The van der Waals surface area contributed by atoms with E-state index in [1.807, 2.05) is 0 Å². The molecule has 12 heteroatoms. The van der Waals surface area contributed by atoms with Crippen molar-refractivity contribution in [2.45, 2.75) is 4.33 Å². The molecule has 2 aromatic rings. The van der Waals surface area contributed by atoms with Crippen LogP contribution in [0.1, 0.15) is 11.1 Å². The molecule has 0 amide bonds. The first-order valence-electron chi connectivity index (χ1n) is 5.77. The first-order valence-corrected chi connectivity index (χ1v) is 7.28. The fourth-order valence-corrected chi connectivity index (χ4v) is 2.88. The van der Waals surface area contributed by atoms with Crippen LogP contribution < -0.4 is 0 Å². The van der Waals surface area contributed by atoms with Gasteiger partial charge in [0.2, 0.25) is 0 Å². The van der Waals surface area contributed by atoms with Gasteiger partial charge in [-0.15, -0.1) is 0 Å². The Balaban J connectivity index is 2.96. The van der Waals surface area contributed by atoms with Crippen LogP contribution in [0.15, 0.2) is 0 Å². The molecule has 0 bridgehead atoms. The third-order valence-electron chi connectivity index (χ3n) is 3.05. The molecule has 136 valence electrons. The van der Waals surface area contributed by atoms with Crippen LogP contribution in [0.5, 0.6) is 0 Å². The topological polar surface area (TPSA) is 0 Å². The van der Waals surface area contributed by atoms with Crippen LogP contribution in [0.3, 0.4) is 0 Å². The van der Waals surface area contributed by atoms with Gasteiger partial charge in [0.1, 0.15) is 10.0 Å². The first-order chi connectivity index (χ1) is 11.4. The molecule has 0 aliphatic rings. The molecule has 0 saturated carbocycles. The zero-order chi connectivity index (χ0) is 19.4. The van der Waals surface area contributed by atoms with Gasteiger partial charge >= 0.3 is 0 Å². The summed E-state index contributed by atoms with van der Waals surface area (Å²) in [5.74, 6) is -18.1. The van der Waals surface area contributed by atoms with Crippen molar-refractivity contribution in [3.8, 4) is 0 Å². The van der Waals surface area contributed by atoms with E-state index in [-0.39, 0.29) is 0 Å². The Bertz CT molecular complexity index is 767. The number of benzene rings is 2. The van der Waals surface area contributed by atoms with Gasteiger partial charge in [0.05, 0.1) is 11.1 Å². The zero-order valence-electron chi connectivity index (χ0n) is 11.0. The summed E-state index contributed by atoms with van der Waals surface area (Å²) in [7, 11) is 0. The average Bonchev–Trinajstić information content (AvgIpc) is 2.54. The first kappa shape index (κ1) is 20.4. The van der Waals surface area contributed by atoms with Crippen molar-refractivity contribution in [1.82, 2.24) is 0 Å². The van der Waals surface area contributed by atoms with Gasteiger partial charge in [-0.3, -0.25) is 0 Å². The van der Waals surface area contributed by atoms with Crippen molar-refractivity contribution in [2.24, 2.45) is 0 Å². The lowest BCUT2D eigenvalue weighted by molar-refractivity contribution is 0.419. The Kier molecular flexibility index (Phi) is 5.41. The second-order valence-corrected chi connectivity index (χ2v) is 6.55. The molecule has 0 spiro atoms. The fraction of sp³-hybridized carbons (Fsp3) is 0.0769. The third-order valence-corrected chi connectivity index (χ3v) is 4.47. The Morgan fingerprint density at radius 2 is 0.640 bits per heavy atom. The molecule has 0 unspecified atom stereocenters. The predicted molar refractivity (Wildman–Crippen MR) is 75.1 cm³/mol. The number of hydrogen-bond donors (Lipinski definition) is 0. The quantitative estimate of drug-likeness (QED) is 0.205. The van der Waals surface area contributed by atoms with Crippen LogP contribution in [0, 0.1) is 46.5 Å².